The van der Waals surface area contributed by atoms with Crippen LogP contribution in [-0.4, -0.2) is 35.7 Å². The molecule has 0 aromatic heterocycles. The molecule has 6 heteroatoms. The van der Waals surface area contributed by atoms with Crippen molar-refractivity contribution in [1.82, 2.24) is 10.6 Å². The molecule has 0 spiro atoms. The van der Waals surface area contributed by atoms with Crippen LogP contribution in [0.1, 0.15) is 79.1 Å². The normalized spacial score (nSPS) is 18.3. The van der Waals surface area contributed by atoms with Gasteiger partial charge in [0, 0.05) is 6.54 Å². The molecular formula is C19H35N3O3. The lowest BCUT2D eigenvalue weighted by atomic mass is 9.81. The van der Waals surface area contributed by atoms with Crippen molar-refractivity contribution in [3.05, 3.63) is 0 Å². The first kappa shape index (κ1) is 21.6. The number of Topliss-reactive ketones (excluding diaryl/α,β-unsaturated/α-hetero) is 1. The van der Waals surface area contributed by atoms with Gasteiger partial charge in [-0.05, 0) is 24.7 Å². The van der Waals surface area contributed by atoms with Crippen LogP contribution in [0.5, 0.6) is 0 Å². The third-order valence-electron chi connectivity index (χ3n) is 4.67. The van der Waals surface area contributed by atoms with Crippen LogP contribution in [0.2, 0.25) is 0 Å². The fraction of sp³-hybridized carbons (Fsp3) is 0.842. The Labute approximate surface area is 151 Å². The standard InChI is InChI=1S/C19H35N3O3/c1-5-6-10-14(15(23)16(24)21-13-18(2,3)4)22-17(25)19(20)11-8-7-9-12-19/h14H,5-13,20H2,1-4H3,(H,21,24)(H,22,25)/t14-/m0/s1. The van der Waals surface area contributed by atoms with E-state index in [1.54, 1.807) is 0 Å². The fourth-order valence-corrected chi connectivity index (χ4v) is 2.98. The van der Waals surface area contributed by atoms with Crippen LogP contribution < -0.4 is 16.4 Å². The number of amides is 2. The molecule has 1 aliphatic rings. The fourth-order valence-electron chi connectivity index (χ4n) is 2.98. The van der Waals surface area contributed by atoms with Crippen LogP contribution in [0.3, 0.4) is 0 Å². The minimum atomic E-state index is -0.912. The molecule has 0 saturated heterocycles. The minimum Gasteiger partial charge on any atom is -0.349 e. The van der Waals surface area contributed by atoms with Crippen molar-refractivity contribution in [2.24, 2.45) is 11.1 Å². The maximum Gasteiger partial charge on any atom is 0.289 e. The maximum absolute atomic E-state index is 12.6. The number of hydrogen-bond donors (Lipinski definition) is 3. The number of unbranched alkanes of at least 4 members (excludes halogenated alkanes) is 1. The molecule has 2 amide bonds. The summed E-state index contributed by atoms with van der Waals surface area (Å²) in [5.41, 5.74) is 5.23. The van der Waals surface area contributed by atoms with Gasteiger partial charge in [0.05, 0.1) is 11.6 Å². The highest BCUT2D eigenvalue weighted by molar-refractivity contribution is 6.38. The van der Waals surface area contributed by atoms with Gasteiger partial charge < -0.3 is 16.4 Å². The molecule has 1 aliphatic carbocycles. The van der Waals surface area contributed by atoms with Gasteiger partial charge in [0.25, 0.3) is 5.91 Å². The van der Waals surface area contributed by atoms with E-state index in [0.29, 0.717) is 25.8 Å². The van der Waals surface area contributed by atoms with Gasteiger partial charge in [-0.15, -0.1) is 0 Å². The topological polar surface area (TPSA) is 101 Å². The number of carbonyl (C=O) groups excluding carboxylic acids is 3. The van der Waals surface area contributed by atoms with Gasteiger partial charge in [-0.1, -0.05) is 59.8 Å². The molecule has 1 atom stereocenters. The van der Waals surface area contributed by atoms with E-state index < -0.39 is 23.3 Å². The summed E-state index contributed by atoms with van der Waals surface area (Å²) in [5, 5.41) is 5.44. The quantitative estimate of drug-likeness (QED) is 0.581. The molecule has 0 aromatic rings. The Balaban J connectivity index is 2.73. The van der Waals surface area contributed by atoms with Crippen LogP contribution >= 0.6 is 0 Å². The van der Waals surface area contributed by atoms with E-state index in [4.69, 9.17) is 5.73 Å². The van der Waals surface area contributed by atoms with Crippen LogP contribution in [0, 0.1) is 5.41 Å². The molecule has 1 saturated carbocycles. The zero-order valence-corrected chi connectivity index (χ0v) is 16.2. The van der Waals surface area contributed by atoms with E-state index in [0.717, 1.165) is 32.1 Å². The highest BCUT2D eigenvalue weighted by atomic mass is 16.2. The van der Waals surface area contributed by atoms with Gasteiger partial charge in [0.2, 0.25) is 11.7 Å². The Bertz CT molecular complexity index is 477. The molecule has 1 rings (SSSR count). The molecule has 6 nitrogen and oxygen atoms in total. The van der Waals surface area contributed by atoms with Crippen LogP contribution in [0.4, 0.5) is 0 Å². The first-order chi connectivity index (χ1) is 11.6. The molecule has 1 fully saturated rings. The summed E-state index contributed by atoms with van der Waals surface area (Å²) in [4.78, 5) is 37.3. The summed E-state index contributed by atoms with van der Waals surface area (Å²) in [7, 11) is 0. The first-order valence-corrected chi connectivity index (χ1v) is 9.51. The van der Waals surface area contributed by atoms with Crippen LogP contribution in [0.15, 0.2) is 0 Å². The van der Waals surface area contributed by atoms with Gasteiger partial charge in [-0.3, -0.25) is 14.4 Å². The number of nitrogens with one attached hydrogen (secondary N) is 2. The van der Waals surface area contributed by atoms with E-state index >= 15 is 0 Å². The van der Waals surface area contributed by atoms with Gasteiger partial charge in [0.1, 0.15) is 0 Å². The molecular weight excluding hydrogens is 318 g/mol. The highest BCUT2D eigenvalue weighted by Gasteiger charge is 2.38. The van der Waals surface area contributed by atoms with Crippen molar-refractivity contribution < 1.29 is 14.4 Å². The molecule has 0 unspecified atom stereocenters. The van der Waals surface area contributed by atoms with Gasteiger partial charge in [-0.2, -0.15) is 0 Å². The molecule has 0 heterocycles. The van der Waals surface area contributed by atoms with Crippen molar-refractivity contribution in [1.29, 1.82) is 0 Å². The summed E-state index contributed by atoms with van der Waals surface area (Å²) < 4.78 is 0. The van der Waals surface area contributed by atoms with Crippen LogP contribution in [0.25, 0.3) is 0 Å². The minimum absolute atomic E-state index is 0.110. The molecule has 25 heavy (non-hydrogen) atoms. The van der Waals surface area contributed by atoms with Crippen molar-refractivity contribution in [3.8, 4) is 0 Å². The van der Waals surface area contributed by atoms with Crippen molar-refractivity contribution in [2.45, 2.75) is 90.6 Å². The number of nitrogens with two attached hydrogens (primary N) is 1. The Morgan fingerprint density at radius 1 is 1.12 bits per heavy atom. The van der Waals surface area contributed by atoms with E-state index in [2.05, 4.69) is 10.6 Å². The highest BCUT2D eigenvalue weighted by Crippen LogP contribution is 2.26. The second-order valence-corrected chi connectivity index (χ2v) is 8.49. The largest absolute Gasteiger partial charge is 0.349 e. The summed E-state index contributed by atoms with van der Waals surface area (Å²) in [6, 6.07) is -0.797. The Morgan fingerprint density at radius 2 is 1.72 bits per heavy atom. The Kier molecular flexibility index (Phi) is 8.06. The van der Waals surface area contributed by atoms with E-state index in [9.17, 15) is 14.4 Å². The van der Waals surface area contributed by atoms with Gasteiger partial charge >= 0.3 is 0 Å². The third-order valence-corrected chi connectivity index (χ3v) is 4.67. The predicted octanol–water partition coefficient (Wildman–Crippen LogP) is 2.05. The monoisotopic (exact) mass is 353 g/mol. The zero-order chi connectivity index (χ0) is 19.1. The van der Waals surface area contributed by atoms with Crippen molar-refractivity contribution >= 4 is 17.6 Å². The zero-order valence-electron chi connectivity index (χ0n) is 16.2. The molecule has 0 aromatic carbocycles. The summed E-state index contributed by atoms with van der Waals surface area (Å²) in [5.74, 6) is -1.51. The van der Waals surface area contributed by atoms with Crippen molar-refractivity contribution in [3.63, 3.8) is 0 Å². The van der Waals surface area contributed by atoms with E-state index in [1.165, 1.54) is 0 Å². The molecule has 0 aliphatic heterocycles. The van der Waals surface area contributed by atoms with Crippen molar-refractivity contribution in [2.75, 3.05) is 6.54 Å². The first-order valence-electron chi connectivity index (χ1n) is 9.51. The smallest absolute Gasteiger partial charge is 0.289 e. The summed E-state index contributed by atoms with van der Waals surface area (Å²) >= 11 is 0. The second kappa shape index (κ2) is 9.32. The Hall–Kier alpha value is -1.43. The number of ketones is 1. The lowest BCUT2D eigenvalue weighted by molar-refractivity contribution is -0.141. The SMILES string of the molecule is CCCC[C@H](NC(=O)C1(N)CCCCC1)C(=O)C(=O)NCC(C)(C)C. The lowest BCUT2D eigenvalue weighted by Crippen LogP contribution is -2.59. The lowest BCUT2D eigenvalue weighted by Gasteiger charge is -2.33. The molecule has 4 N–H and O–H groups in total. The molecule has 0 bridgehead atoms. The third kappa shape index (κ3) is 7.14. The molecule has 0 radical (unpaired) electrons. The summed E-state index contributed by atoms with van der Waals surface area (Å²) in [6.45, 7) is 8.36. The van der Waals surface area contributed by atoms with Gasteiger partial charge in [-0.25, -0.2) is 0 Å². The number of hydrogen-bond acceptors (Lipinski definition) is 4. The number of carbonyl (C=O) groups is 3. The predicted molar refractivity (Wildman–Crippen MR) is 98.9 cm³/mol. The van der Waals surface area contributed by atoms with E-state index in [1.807, 2.05) is 27.7 Å². The van der Waals surface area contributed by atoms with Crippen LogP contribution in [-0.2, 0) is 14.4 Å². The second-order valence-electron chi connectivity index (χ2n) is 8.49. The average Bonchev–Trinajstić information content (AvgIpc) is 2.55. The Morgan fingerprint density at radius 3 is 2.24 bits per heavy atom. The van der Waals surface area contributed by atoms with E-state index in [-0.39, 0.29) is 11.3 Å². The van der Waals surface area contributed by atoms with Gasteiger partial charge in [0.15, 0.2) is 0 Å². The summed E-state index contributed by atoms with van der Waals surface area (Å²) in [6.07, 6.45) is 6.29. The molecule has 144 valence electrons. The average molecular weight is 354 g/mol. The maximum atomic E-state index is 12.6. The number of rotatable bonds is 8.